The van der Waals surface area contributed by atoms with Crippen molar-refractivity contribution in [3.05, 3.63) is 28.5 Å². The lowest BCUT2D eigenvalue weighted by Gasteiger charge is -2.02. The van der Waals surface area contributed by atoms with Crippen LogP contribution in [0.15, 0.2) is 22.9 Å². The number of hydrogen-bond acceptors (Lipinski definition) is 3. The molecule has 0 spiro atoms. The highest BCUT2D eigenvalue weighted by Crippen LogP contribution is 2.11. The summed E-state index contributed by atoms with van der Waals surface area (Å²) in [7, 11) is 1.38. The number of rotatable bonds is 2. The molecule has 12 heavy (non-hydrogen) atoms. The van der Waals surface area contributed by atoms with Gasteiger partial charge in [-0.3, -0.25) is 9.63 Å². The van der Waals surface area contributed by atoms with Crippen molar-refractivity contribution in [2.24, 2.45) is 0 Å². The molecule has 0 radical (unpaired) electrons. The molecular weight excluding hydrogens is 224 g/mol. The summed E-state index contributed by atoms with van der Waals surface area (Å²) in [6.07, 6.45) is 1.59. The molecule has 1 heterocycles. The van der Waals surface area contributed by atoms with E-state index in [0.29, 0.717) is 10.2 Å². The topological polar surface area (TPSA) is 51.2 Å². The molecule has 0 aliphatic heterocycles. The van der Waals surface area contributed by atoms with Gasteiger partial charge in [0.25, 0.3) is 5.91 Å². The fourth-order valence-electron chi connectivity index (χ4n) is 0.703. The SMILES string of the molecule is CONC(=O)c1cccnc1Br. The molecule has 1 aromatic rings. The number of hydroxylamine groups is 1. The van der Waals surface area contributed by atoms with Gasteiger partial charge in [-0.15, -0.1) is 0 Å². The highest BCUT2D eigenvalue weighted by Gasteiger charge is 2.08. The van der Waals surface area contributed by atoms with Crippen LogP contribution in [-0.4, -0.2) is 18.0 Å². The van der Waals surface area contributed by atoms with Crippen molar-refractivity contribution in [1.29, 1.82) is 0 Å². The smallest absolute Gasteiger partial charge is 0.277 e. The van der Waals surface area contributed by atoms with Crippen LogP contribution in [0, 0.1) is 0 Å². The first kappa shape index (κ1) is 9.15. The quantitative estimate of drug-likeness (QED) is 0.613. The third-order valence-electron chi connectivity index (χ3n) is 1.20. The molecule has 1 rings (SSSR count). The monoisotopic (exact) mass is 230 g/mol. The average molecular weight is 231 g/mol. The van der Waals surface area contributed by atoms with Gasteiger partial charge in [-0.05, 0) is 28.1 Å². The van der Waals surface area contributed by atoms with Gasteiger partial charge in [0.1, 0.15) is 4.60 Å². The number of carbonyl (C=O) groups is 1. The van der Waals surface area contributed by atoms with Crippen LogP contribution in [-0.2, 0) is 4.84 Å². The maximum Gasteiger partial charge on any atom is 0.277 e. The van der Waals surface area contributed by atoms with Gasteiger partial charge in [0, 0.05) is 6.20 Å². The van der Waals surface area contributed by atoms with Crippen LogP contribution in [0.4, 0.5) is 0 Å². The average Bonchev–Trinajstić information content (AvgIpc) is 2.05. The zero-order valence-corrected chi connectivity index (χ0v) is 7.96. The first-order chi connectivity index (χ1) is 5.75. The Hall–Kier alpha value is -0.940. The molecule has 0 aromatic carbocycles. The van der Waals surface area contributed by atoms with E-state index >= 15 is 0 Å². The molecule has 0 aliphatic carbocycles. The first-order valence-electron chi connectivity index (χ1n) is 3.19. The van der Waals surface area contributed by atoms with Gasteiger partial charge in [0.2, 0.25) is 0 Å². The van der Waals surface area contributed by atoms with E-state index in [1.165, 1.54) is 7.11 Å². The molecule has 1 aromatic heterocycles. The second-order valence-electron chi connectivity index (χ2n) is 1.98. The Morgan fingerprint density at radius 1 is 1.75 bits per heavy atom. The molecule has 4 nitrogen and oxygen atoms in total. The fourth-order valence-corrected chi connectivity index (χ4v) is 1.13. The Morgan fingerprint density at radius 3 is 3.08 bits per heavy atom. The second kappa shape index (κ2) is 4.18. The van der Waals surface area contributed by atoms with E-state index in [1.807, 2.05) is 0 Å². The molecule has 0 fully saturated rings. The van der Waals surface area contributed by atoms with Crippen molar-refractivity contribution in [1.82, 2.24) is 10.5 Å². The molecule has 5 heteroatoms. The van der Waals surface area contributed by atoms with E-state index in [-0.39, 0.29) is 5.91 Å². The summed E-state index contributed by atoms with van der Waals surface area (Å²) in [6.45, 7) is 0. The number of pyridine rings is 1. The second-order valence-corrected chi connectivity index (χ2v) is 2.73. The van der Waals surface area contributed by atoms with E-state index in [4.69, 9.17) is 0 Å². The molecule has 0 saturated heterocycles. The predicted octanol–water partition coefficient (Wildman–Crippen LogP) is 1.14. The zero-order chi connectivity index (χ0) is 8.97. The van der Waals surface area contributed by atoms with Crippen LogP contribution in [0.2, 0.25) is 0 Å². The fraction of sp³-hybridized carbons (Fsp3) is 0.143. The summed E-state index contributed by atoms with van der Waals surface area (Å²) < 4.78 is 0.500. The van der Waals surface area contributed by atoms with Crippen LogP contribution in [0.25, 0.3) is 0 Å². The number of carbonyl (C=O) groups excluding carboxylic acids is 1. The lowest BCUT2D eigenvalue weighted by Crippen LogP contribution is -2.22. The normalized spacial score (nSPS) is 9.50. The van der Waals surface area contributed by atoms with Crippen LogP contribution < -0.4 is 5.48 Å². The number of nitrogens with zero attached hydrogens (tertiary/aromatic N) is 1. The van der Waals surface area contributed by atoms with Crippen LogP contribution >= 0.6 is 15.9 Å². The molecule has 0 bridgehead atoms. The van der Waals surface area contributed by atoms with Gasteiger partial charge < -0.3 is 0 Å². The summed E-state index contributed by atoms with van der Waals surface area (Å²) in [6, 6.07) is 3.32. The highest BCUT2D eigenvalue weighted by atomic mass is 79.9. The van der Waals surface area contributed by atoms with E-state index < -0.39 is 0 Å². The van der Waals surface area contributed by atoms with E-state index in [9.17, 15) is 4.79 Å². The molecule has 0 atom stereocenters. The molecule has 64 valence electrons. The summed E-state index contributed by atoms with van der Waals surface area (Å²) in [4.78, 5) is 19.5. The zero-order valence-electron chi connectivity index (χ0n) is 6.37. The maximum atomic E-state index is 11.2. The standard InChI is InChI=1S/C7H7BrN2O2/c1-12-10-7(11)5-3-2-4-9-6(5)8/h2-4H,1H3,(H,10,11). The van der Waals surface area contributed by atoms with Crippen molar-refractivity contribution < 1.29 is 9.63 Å². The van der Waals surface area contributed by atoms with Crippen molar-refractivity contribution in [3.8, 4) is 0 Å². The van der Waals surface area contributed by atoms with Crippen molar-refractivity contribution >= 4 is 21.8 Å². The van der Waals surface area contributed by atoms with Crippen LogP contribution in [0.3, 0.4) is 0 Å². The van der Waals surface area contributed by atoms with E-state index in [1.54, 1.807) is 18.3 Å². The molecule has 1 N–H and O–H groups in total. The predicted molar refractivity (Wildman–Crippen MR) is 46.4 cm³/mol. The number of nitrogens with one attached hydrogen (secondary N) is 1. The van der Waals surface area contributed by atoms with Gasteiger partial charge in [-0.2, -0.15) is 0 Å². The largest absolute Gasteiger partial charge is 0.277 e. The summed E-state index contributed by atoms with van der Waals surface area (Å²) in [5, 5.41) is 0. The van der Waals surface area contributed by atoms with Crippen molar-refractivity contribution in [2.75, 3.05) is 7.11 Å². The lowest BCUT2D eigenvalue weighted by atomic mass is 10.3. The Kier molecular flexibility index (Phi) is 3.19. The minimum absolute atomic E-state index is 0.322. The van der Waals surface area contributed by atoms with Gasteiger partial charge in [0.15, 0.2) is 0 Å². The van der Waals surface area contributed by atoms with Gasteiger partial charge >= 0.3 is 0 Å². The Balaban J connectivity index is 2.87. The number of halogens is 1. The number of hydrogen-bond donors (Lipinski definition) is 1. The Morgan fingerprint density at radius 2 is 2.50 bits per heavy atom. The third kappa shape index (κ3) is 2.02. The van der Waals surface area contributed by atoms with Crippen molar-refractivity contribution in [3.63, 3.8) is 0 Å². The Bertz CT molecular complexity index is 290. The minimum Gasteiger partial charge on any atom is -0.277 e. The van der Waals surface area contributed by atoms with Crippen LogP contribution in [0.1, 0.15) is 10.4 Å². The lowest BCUT2D eigenvalue weighted by molar-refractivity contribution is 0.0536. The summed E-state index contributed by atoms with van der Waals surface area (Å²) >= 11 is 3.14. The summed E-state index contributed by atoms with van der Waals surface area (Å²) in [5.41, 5.74) is 2.64. The molecule has 1 amide bonds. The maximum absolute atomic E-state index is 11.2. The number of amides is 1. The molecule has 0 aliphatic rings. The number of aromatic nitrogens is 1. The van der Waals surface area contributed by atoms with Gasteiger partial charge in [-0.25, -0.2) is 10.5 Å². The minimum atomic E-state index is -0.322. The van der Waals surface area contributed by atoms with Crippen molar-refractivity contribution in [2.45, 2.75) is 0 Å². The molecular formula is C7H7BrN2O2. The van der Waals surface area contributed by atoms with E-state index in [0.717, 1.165) is 0 Å². The van der Waals surface area contributed by atoms with E-state index in [2.05, 4.69) is 31.2 Å². The molecule has 0 saturated carbocycles. The first-order valence-corrected chi connectivity index (χ1v) is 3.99. The van der Waals surface area contributed by atoms with Gasteiger partial charge in [0.05, 0.1) is 12.7 Å². The summed E-state index contributed by atoms with van der Waals surface area (Å²) in [5.74, 6) is -0.322. The van der Waals surface area contributed by atoms with Gasteiger partial charge in [-0.1, -0.05) is 0 Å². The Labute approximate surface area is 78.0 Å². The third-order valence-corrected chi connectivity index (χ3v) is 1.83. The highest BCUT2D eigenvalue weighted by molar-refractivity contribution is 9.10. The van der Waals surface area contributed by atoms with Crippen LogP contribution in [0.5, 0.6) is 0 Å². The molecule has 0 unspecified atom stereocenters.